The van der Waals surface area contributed by atoms with Gasteiger partial charge in [-0.1, -0.05) is 33.1 Å². The number of methoxy groups -OCH3 is 1. The van der Waals surface area contributed by atoms with Crippen LogP contribution in [0.15, 0.2) is 23.1 Å². The molecule has 0 aromatic heterocycles. The zero-order valence-corrected chi connectivity index (χ0v) is 15.8. The van der Waals surface area contributed by atoms with Gasteiger partial charge in [0.25, 0.3) is 0 Å². The zero-order chi connectivity index (χ0) is 15.9. The molecule has 0 aliphatic rings. The van der Waals surface area contributed by atoms with Crippen molar-refractivity contribution in [3.05, 3.63) is 21.8 Å². The van der Waals surface area contributed by atoms with Crippen molar-refractivity contribution in [1.29, 1.82) is 0 Å². The molecule has 0 saturated carbocycles. The molecule has 1 atom stereocenters. The first-order valence-corrected chi connectivity index (χ1v) is 9.84. The molecule has 120 valence electrons. The summed E-state index contributed by atoms with van der Waals surface area (Å²) in [6.07, 6.45) is 4.33. The highest BCUT2D eigenvalue weighted by Crippen LogP contribution is 2.24. The molecule has 0 radical (unpaired) electrons. The summed E-state index contributed by atoms with van der Waals surface area (Å²) < 4.78 is 33.3. The monoisotopic (exact) mass is 425 g/mol. The van der Waals surface area contributed by atoms with E-state index in [4.69, 9.17) is 4.74 Å². The summed E-state index contributed by atoms with van der Waals surface area (Å²) in [6.45, 7) is 4.75. The van der Waals surface area contributed by atoms with Crippen LogP contribution >= 0.6 is 22.6 Å². The third-order valence-electron chi connectivity index (χ3n) is 3.54. The number of unbranched alkanes of at least 4 members (excludes halogenated alkanes) is 1. The Morgan fingerprint density at radius 1 is 1.33 bits per heavy atom. The van der Waals surface area contributed by atoms with Crippen LogP contribution in [0.3, 0.4) is 0 Å². The first kappa shape index (κ1) is 18.7. The molecule has 1 rings (SSSR count). The molecule has 21 heavy (non-hydrogen) atoms. The molecule has 1 N–H and O–H groups in total. The minimum absolute atomic E-state index is 0.290. The number of ether oxygens (including phenoxy) is 1. The van der Waals surface area contributed by atoms with Gasteiger partial charge in [0.1, 0.15) is 5.75 Å². The van der Waals surface area contributed by atoms with E-state index in [1.807, 2.05) is 0 Å². The fourth-order valence-electron chi connectivity index (χ4n) is 2.07. The Morgan fingerprint density at radius 2 is 2.05 bits per heavy atom. The van der Waals surface area contributed by atoms with E-state index in [1.165, 1.54) is 0 Å². The lowest BCUT2D eigenvalue weighted by Crippen LogP contribution is -2.29. The number of hydrogen-bond donors (Lipinski definition) is 1. The summed E-state index contributed by atoms with van der Waals surface area (Å²) in [5.41, 5.74) is 0. The zero-order valence-electron chi connectivity index (χ0n) is 12.9. The fraction of sp³-hybridized carbons (Fsp3) is 0.600. The summed E-state index contributed by atoms with van der Waals surface area (Å²) in [7, 11) is -1.88. The lowest BCUT2D eigenvalue weighted by Gasteiger charge is -2.15. The van der Waals surface area contributed by atoms with Crippen LogP contribution in [-0.2, 0) is 10.0 Å². The Hall–Kier alpha value is -0.340. The van der Waals surface area contributed by atoms with E-state index in [0.717, 1.165) is 29.3 Å². The number of benzene rings is 1. The Labute approximate surface area is 141 Å². The second kappa shape index (κ2) is 8.95. The Morgan fingerprint density at radius 3 is 2.57 bits per heavy atom. The van der Waals surface area contributed by atoms with Crippen molar-refractivity contribution in [2.45, 2.75) is 44.4 Å². The molecule has 0 amide bonds. The van der Waals surface area contributed by atoms with E-state index in [0.29, 0.717) is 18.2 Å². The maximum absolute atomic E-state index is 12.3. The van der Waals surface area contributed by atoms with Gasteiger partial charge in [0.15, 0.2) is 0 Å². The summed E-state index contributed by atoms with van der Waals surface area (Å²) in [5, 5.41) is 0. The summed E-state index contributed by atoms with van der Waals surface area (Å²) in [6, 6.07) is 4.90. The molecule has 0 unspecified atom stereocenters. The van der Waals surface area contributed by atoms with Crippen LogP contribution in [0.5, 0.6) is 5.75 Å². The molecule has 0 spiro atoms. The highest BCUT2D eigenvalue weighted by molar-refractivity contribution is 14.1. The average Bonchev–Trinajstić information content (AvgIpc) is 2.47. The van der Waals surface area contributed by atoms with E-state index >= 15 is 0 Å². The molecule has 1 aromatic carbocycles. The van der Waals surface area contributed by atoms with E-state index in [9.17, 15) is 8.42 Å². The number of sulfonamides is 1. The smallest absolute Gasteiger partial charge is 0.240 e. The lowest BCUT2D eigenvalue weighted by atomic mass is 10.00. The average molecular weight is 425 g/mol. The molecule has 0 aliphatic heterocycles. The normalized spacial score (nSPS) is 13.1. The maximum atomic E-state index is 12.3. The molecule has 4 nitrogen and oxygen atoms in total. The topological polar surface area (TPSA) is 55.4 Å². The summed E-state index contributed by atoms with van der Waals surface area (Å²) >= 11 is 2.08. The van der Waals surface area contributed by atoms with Gasteiger partial charge in [-0.05, 0) is 53.1 Å². The number of rotatable bonds is 9. The van der Waals surface area contributed by atoms with E-state index in [2.05, 4.69) is 41.2 Å². The van der Waals surface area contributed by atoms with Gasteiger partial charge in [0.2, 0.25) is 10.0 Å². The van der Waals surface area contributed by atoms with Crippen molar-refractivity contribution >= 4 is 32.6 Å². The second-order valence-corrected chi connectivity index (χ2v) is 7.99. The van der Waals surface area contributed by atoms with Crippen molar-refractivity contribution in [2.24, 2.45) is 5.92 Å². The van der Waals surface area contributed by atoms with Crippen LogP contribution in [0, 0.1) is 9.49 Å². The number of nitrogens with one attached hydrogen (secondary N) is 1. The SMILES string of the molecule is CCCC[C@@H](CC)CNS(=O)(=O)c1ccc(OC)c(I)c1. The van der Waals surface area contributed by atoms with Gasteiger partial charge >= 0.3 is 0 Å². The largest absolute Gasteiger partial charge is 0.496 e. The number of hydrogen-bond acceptors (Lipinski definition) is 3. The molecule has 6 heteroatoms. The number of halogens is 1. The van der Waals surface area contributed by atoms with Crippen LogP contribution < -0.4 is 9.46 Å². The van der Waals surface area contributed by atoms with Crippen molar-refractivity contribution in [2.75, 3.05) is 13.7 Å². The van der Waals surface area contributed by atoms with Crippen molar-refractivity contribution in [1.82, 2.24) is 4.72 Å². The van der Waals surface area contributed by atoms with Crippen LogP contribution in [0.2, 0.25) is 0 Å². The predicted octanol–water partition coefficient (Wildman–Crippen LogP) is 3.79. The predicted molar refractivity (Wildman–Crippen MR) is 94.2 cm³/mol. The lowest BCUT2D eigenvalue weighted by molar-refractivity contribution is 0.411. The molecule has 1 aromatic rings. The molecule has 0 bridgehead atoms. The van der Waals surface area contributed by atoms with Crippen molar-refractivity contribution < 1.29 is 13.2 Å². The molecular formula is C15H24INO3S. The Bertz CT molecular complexity index is 546. The van der Waals surface area contributed by atoms with Gasteiger partial charge in [0.05, 0.1) is 15.6 Å². The minimum Gasteiger partial charge on any atom is -0.496 e. The molecule has 0 fully saturated rings. The summed E-state index contributed by atoms with van der Waals surface area (Å²) in [5.74, 6) is 1.08. The van der Waals surface area contributed by atoms with Crippen LogP contribution in [0.25, 0.3) is 0 Å². The maximum Gasteiger partial charge on any atom is 0.240 e. The van der Waals surface area contributed by atoms with Crippen LogP contribution in [0.4, 0.5) is 0 Å². The molecular weight excluding hydrogens is 401 g/mol. The van der Waals surface area contributed by atoms with Crippen molar-refractivity contribution in [3.8, 4) is 5.75 Å². The van der Waals surface area contributed by atoms with Gasteiger partial charge in [0, 0.05) is 6.54 Å². The first-order chi connectivity index (χ1) is 9.94. The van der Waals surface area contributed by atoms with E-state index < -0.39 is 10.0 Å². The Balaban J connectivity index is 2.74. The fourth-order valence-corrected chi connectivity index (χ4v) is 4.16. The van der Waals surface area contributed by atoms with Gasteiger partial charge < -0.3 is 4.74 Å². The van der Waals surface area contributed by atoms with Gasteiger partial charge in [-0.2, -0.15) is 0 Å². The third kappa shape index (κ3) is 5.75. The molecule has 0 heterocycles. The van der Waals surface area contributed by atoms with Gasteiger partial charge in [-0.3, -0.25) is 0 Å². The summed E-state index contributed by atoms with van der Waals surface area (Å²) in [4.78, 5) is 0.290. The quantitative estimate of drug-likeness (QED) is 0.613. The van der Waals surface area contributed by atoms with Gasteiger partial charge in [-0.25, -0.2) is 13.1 Å². The highest BCUT2D eigenvalue weighted by atomic mass is 127. The standard InChI is InChI=1S/C15H24INO3S/c1-4-6-7-12(5-2)11-17-21(18,19)13-8-9-15(20-3)14(16)10-13/h8-10,12,17H,4-7,11H2,1-3H3/t12-/m1/s1. The third-order valence-corrected chi connectivity index (χ3v) is 5.80. The van der Waals surface area contributed by atoms with Crippen LogP contribution in [-0.4, -0.2) is 22.1 Å². The Kier molecular flexibility index (Phi) is 7.97. The molecule has 0 aliphatic carbocycles. The second-order valence-electron chi connectivity index (χ2n) is 5.06. The first-order valence-electron chi connectivity index (χ1n) is 7.27. The minimum atomic E-state index is -3.45. The van der Waals surface area contributed by atoms with Crippen LogP contribution in [0.1, 0.15) is 39.5 Å². The highest BCUT2D eigenvalue weighted by Gasteiger charge is 2.17. The van der Waals surface area contributed by atoms with E-state index in [1.54, 1.807) is 25.3 Å². The van der Waals surface area contributed by atoms with Crippen molar-refractivity contribution in [3.63, 3.8) is 0 Å². The van der Waals surface area contributed by atoms with Gasteiger partial charge in [-0.15, -0.1) is 0 Å². The molecule has 0 saturated heterocycles. The van der Waals surface area contributed by atoms with E-state index in [-0.39, 0.29) is 4.90 Å².